The molecule has 6 nitrogen and oxygen atoms in total. The number of nitrogens with zero attached hydrogens (tertiary/aromatic N) is 2. The molecule has 3 aromatic carbocycles. The van der Waals surface area contributed by atoms with Crippen LogP contribution in [0, 0.1) is 0 Å². The summed E-state index contributed by atoms with van der Waals surface area (Å²) in [6.07, 6.45) is 0.359. The minimum absolute atomic E-state index is 0.0628. The summed E-state index contributed by atoms with van der Waals surface area (Å²) in [6.45, 7) is 4.07. The van der Waals surface area contributed by atoms with Crippen LogP contribution in [0.3, 0.4) is 0 Å². The van der Waals surface area contributed by atoms with E-state index < -0.39 is 21.8 Å². The highest BCUT2D eigenvalue weighted by molar-refractivity contribution is 7.90. The van der Waals surface area contributed by atoms with Gasteiger partial charge in [-0.1, -0.05) is 62.4 Å². The largest absolute Gasteiger partial charge is 0.273 e. The molecule has 1 N–H and O–H groups in total. The van der Waals surface area contributed by atoms with Crippen molar-refractivity contribution in [3.05, 3.63) is 89.5 Å². The zero-order chi connectivity index (χ0) is 22.7. The third kappa shape index (κ3) is 4.87. The molecule has 164 valence electrons. The zero-order valence-corrected chi connectivity index (χ0v) is 19.4. The third-order valence-electron chi connectivity index (χ3n) is 5.37. The van der Waals surface area contributed by atoms with Crippen molar-refractivity contribution in [1.29, 1.82) is 0 Å². The fourth-order valence-corrected chi connectivity index (χ4v) is 5.06. The predicted octanol–water partition coefficient (Wildman–Crippen LogP) is 4.65. The number of benzene rings is 3. The summed E-state index contributed by atoms with van der Waals surface area (Å²) >= 11 is 1.10. The summed E-state index contributed by atoms with van der Waals surface area (Å²) < 4.78 is 36.6. The number of carbonyl (C=O) groups is 1. The van der Waals surface area contributed by atoms with Crippen molar-refractivity contribution in [1.82, 2.24) is 13.5 Å². The highest BCUT2D eigenvalue weighted by Gasteiger charge is 2.27. The Morgan fingerprint density at radius 2 is 1.56 bits per heavy atom. The number of hydrogen-bond acceptors (Lipinski definition) is 6. The van der Waals surface area contributed by atoms with E-state index in [-0.39, 0.29) is 10.8 Å². The van der Waals surface area contributed by atoms with Crippen LogP contribution in [0.4, 0.5) is 0 Å². The maximum atomic E-state index is 13.3. The van der Waals surface area contributed by atoms with Crippen molar-refractivity contribution >= 4 is 38.7 Å². The molecule has 0 fully saturated rings. The summed E-state index contributed by atoms with van der Waals surface area (Å²) in [5.41, 5.74) is 4.09. The van der Waals surface area contributed by atoms with E-state index in [0.29, 0.717) is 17.5 Å². The van der Waals surface area contributed by atoms with Gasteiger partial charge in [0.05, 0.1) is 22.5 Å². The summed E-state index contributed by atoms with van der Waals surface area (Å²) in [6, 6.07) is 21.5. The van der Waals surface area contributed by atoms with E-state index in [1.165, 1.54) is 12.1 Å². The van der Waals surface area contributed by atoms with Crippen molar-refractivity contribution in [2.75, 3.05) is 0 Å². The van der Waals surface area contributed by atoms with Crippen LogP contribution in [-0.2, 0) is 21.2 Å². The smallest absolute Gasteiger partial charge is 0.264 e. The van der Waals surface area contributed by atoms with Gasteiger partial charge in [-0.3, -0.25) is 4.79 Å². The van der Waals surface area contributed by atoms with Gasteiger partial charge in [0.1, 0.15) is 11.0 Å². The topological polar surface area (TPSA) is 89.0 Å². The molecule has 0 saturated carbocycles. The molecule has 0 aliphatic carbocycles. The molecule has 8 heteroatoms. The molecule has 0 aliphatic heterocycles. The molecule has 1 heterocycles. The second-order valence-electron chi connectivity index (χ2n) is 7.95. The van der Waals surface area contributed by atoms with E-state index in [9.17, 15) is 13.2 Å². The van der Waals surface area contributed by atoms with Crippen LogP contribution in [-0.4, -0.2) is 23.1 Å². The van der Waals surface area contributed by atoms with Gasteiger partial charge >= 0.3 is 0 Å². The molecule has 1 amide bonds. The molecule has 0 radical (unpaired) electrons. The first-order valence-corrected chi connectivity index (χ1v) is 12.5. The lowest BCUT2D eigenvalue weighted by Gasteiger charge is -2.18. The number of sulfonamides is 1. The van der Waals surface area contributed by atoms with Crippen LogP contribution in [0.1, 0.15) is 42.4 Å². The van der Waals surface area contributed by atoms with Gasteiger partial charge in [0.2, 0.25) is 5.91 Å². The Balaban J connectivity index is 1.64. The Bertz CT molecular complexity index is 1330. The molecular weight excluding hydrogens is 442 g/mol. The summed E-state index contributed by atoms with van der Waals surface area (Å²) in [5, 5.41) is 0. The summed E-state index contributed by atoms with van der Waals surface area (Å²) in [4.78, 5) is 13.3. The standard InChI is InChI=1S/C24H23N3O3S2/c1-16(2)18-8-11-20(12-9-18)32(29,30)27-24(28)21(14-17-6-4-3-5-7-17)19-10-13-22-23(15-19)26-31-25-22/h3-13,15-16,21H,14H2,1-2H3,(H,27,28). The lowest BCUT2D eigenvalue weighted by molar-refractivity contribution is -0.120. The number of nitrogens with one attached hydrogen (secondary N) is 1. The summed E-state index contributed by atoms with van der Waals surface area (Å²) in [7, 11) is -4.00. The first-order chi connectivity index (χ1) is 15.3. The normalized spacial score (nSPS) is 12.7. The Morgan fingerprint density at radius 1 is 0.906 bits per heavy atom. The van der Waals surface area contributed by atoms with Crippen LogP contribution in [0.5, 0.6) is 0 Å². The van der Waals surface area contributed by atoms with Gasteiger partial charge in [0.15, 0.2) is 0 Å². The number of fused-ring (bicyclic) bond motifs is 1. The fourth-order valence-electron chi connectivity index (χ4n) is 3.52. The van der Waals surface area contributed by atoms with Gasteiger partial charge in [-0.15, -0.1) is 0 Å². The molecule has 1 unspecified atom stereocenters. The van der Waals surface area contributed by atoms with E-state index in [0.717, 1.165) is 28.4 Å². The monoisotopic (exact) mass is 465 g/mol. The number of carbonyl (C=O) groups excluding carboxylic acids is 1. The molecular formula is C24H23N3O3S2. The first-order valence-electron chi connectivity index (χ1n) is 10.3. The van der Waals surface area contributed by atoms with Gasteiger partial charge in [-0.2, -0.15) is 8.75 Å². The van der Waals surface area contributed by atoms with E-state index in [1.54, 1.807) is 30.3 Å². The van der Waals surface area contributed by atoms with E-state index in [1.807, 2.05) is 44.2 Å². The molecule has 1 atom stereocenters. The SMILES string of the molecule is CC(C)c1ccc(S(=O)(=O)NC(=O)C(Cc2ccccc2)c2ccc3nsnc3c2)cc1. The molecule has 4 aromatic rings. The average molecular weight is 466 g/mol. The van der Waals surface area contributed by atoms with Crippen LogP contribution in [0.25, 0.3) is 11.0 Å². The number of amides is 1. The minimum atomic E-state index is -4.00. The Hall–Kier alpha value is -3.10. The highest BCUT2D eigenvalue weighted by atomic mass is 32.2. The lowest BCUT2D eigenvalue weighted by atomic mass is 9.91. The quantitative estimate of drug-likeness (QED) is 0.429. The first kappa shape index (κ1) is 22.1. The van der Waals surface area contributed by atoms with Crippen LogP contribution in [0.15, 0.2) is 77.7 Å². The predicted molar refractivity (Wildman–Crippen MR) is 126 cm³/mol. The Labute approximate surface area is 191 Å². The van der Waals surface area contributed by atoms with Gasteiger partial charge in [-0.05, 0) is 53.3 Å². The van der Waals surface area contributed by atoms with Crippen LogP contribution >= 0.6 is 11.7 Å². The Morgan fingerprint density at radius 3 is 2.25 bits per heavy atom. The minimum Gasteiger partial charge on any atom is -0.273 e. The maximum Gasteiger partial charge on any atom is 0.264 e. The van der Waals surface area contributed by atoms with Crippen molar-refractivity contribution in [2.45, 2.75) is 37.0 Å². The molecule has 0 bridgehead atoms. The van der Waals surface area contributed by atoms with Gasteiger partial charge in [0.25, 0.3) is 10.0 Å². The second kappa shape index (κ2) is 9.18. The molecule has 4 rings (SSSR count). The van der Waals surface area contributed by atoms with E-state index >= 15 is 0 Å². The average Bonchev–Trinajstić information content (AvgIpc) is 3.26. The van der Waals surface area contributed by atoms with Crippen LogP contribution in [0.2, 0.25) is 0 Å². The van der Waals surface area contributed by atoms with Crippen molar-refractivity contribution < 1.29 is 13.2 Å². The molecule has 32 heavy (non-hydrogen) atoms. The van der Waals surface area contributed by atoms with Crippen LogP contribution < -0.4 is 4.72 Å². The van der Waals surface area contributed by atoms with Gasteiger partial charge in [-0.25, -0.2) is 13.1 Å². The number of hydrogen-bond donors (Lipinski definition) is 1. The van der Waals surface area contributed by atoms with Gasteiger partial charge < -0.3 is 0 Å². The second-order valence-corrected chi connectivity index (χ2v) is 10.2. The number of rotatable bonds is 7. The molecule has 0 aliphatic rings. The zero-order valence-electron chi connectivity index (χ0n) is 17.7. The van der Waals surface area contributed by atoms with Gasteiger partial charge in [0, 0.05) is 0 Å². The lowest BCUT2D eigenvalue weighted by Crippen LogP contribution is -2.35. The molecule has 0 spiro atoms. The van der Waals surface area contributed by atoms with Crippen molar-refractivity contribution in [3.8, 4) is 0 Å². The third-order valence-corrected chi connectivity index (χ3v) is 7.29. The Kier molecular flexibility index (Phi) is 6.34. The van der Waals surface area contributed by atoms with E-state index in [4.69, 9.17) is 0 Å². The number of aromatic nitrogens is 2. The van der Waals surface area contributed by atoms with E-state index in [2.05, 4.69) is 13.5 Å². The van der Waals surface area contributed by atoms with Crippen molar-refractivity contribution in [2.24, 2.45) is 0 Å². The fraction of sp³-hybridized carbons (Fsp3) is 0.208. The highest BCUT2D eigenvalue weighted by Crippen LogP contribution is 2.26. The summed E-state index contributed by atoms with van der Waals surface area (Å²) in [5.74, 6) is -0.996. The molecule has 0 saturated heterocycles. The maximum absolute atomic E-state index is 13.3. The molecule has 1 aromatic heterocycles. The van der Waals surface area contributed by atoms with Crippen molar-refractivity contribution in [3.63, 3.8) is 0 Å².